The number of aryl methyl sites for hydroxylation is 1. The van der Waals surface area contributed by atoms with E-state index in [2.05, 4.69) is 26.1 Å². The highest BCUT2D eigenvalue weighted by Crippen LogP contribution is 2.15. The van der Waals surface area contributed by atoms with E-state index in [9.17, 15) is 5.11 Å². The van der Waals surface area contributed by atoms with Gasteiger partial charge in [0.15, 0.2) is 0 Å². The predicted molar refractivity (Wildman–Crippen MR) is 74.6 cm³/mol. The minimum Gasteiger partial charge on any atom is -0.469 e. The molecule has 0 aliphatic rings. The van der Waals surface area contributed by atoms with Crippen LogP contribution in [-0.4, -0.2) is 23.3 Å². The van der Waals surface area contributed by atoms with E-state index in [4.69, 9.17) is 4.42 Å². The van der Waals surface area contributed by atoms with Crippen molar-refractivity contribution in [1.29, 1.82) is 0 Å². The van der Waals surface area contributed by atoms with Crippen molar-refractivity contribution >= 4 is 0 Å². The van der Waals surface area contributed by atoms with Gasteiger partial charge in [-0.2, -0.15) is 0 Å². The highest BCUT2D eigenvalue weighted by Gasteiger charge is 2.22. The topological polar surface area (TPSA) is 45.4 Å². The zero-order valence-electron chi connectivity index (χ0n) is 12.1. The molecule has 0 radical (unpaired) electrons. The summed E-state index contributed by atoms with van der Waals surface area (Å²) in [5, 5.41) is 13.6. The van der Waals surface area contributed by atoms with E-state index in [1.54, 1.807) is 6.26 Å². The lowest BCUT2D eigenvalue weighted by molar-refractivity contribution is 0.0361. The molecule has 0 aliphatic carbocycles. The highest BCUT2D eigenvalue weighted by molar-refractivity contribution is 4.98. The molecule has 0 aliphatic heterocycles. The first-order valence-corrected chi connectivity index (χ1v) is 6.87. The van der Waals surface area contributed by atoms with Crippen molar-refractivity contribution in [2.24, 2.45) is 5.92 Å². The molecule has 18 heavy (non-hydrogen) atoms. The van der Waals surface area contributed by atoms with E-state index in [1.165, 1.54) is 0 Å². The van der Waals surface area contributed by atoms with Crippen LogP contribution in [0.2, 0.25) is 0 Å². The summed E-state index contributed by atoms with van der Waals surface area (Å²) in [6.45, 7) is 8.96. The number of furan rings is 1. The van der Waals surface area contributed by atoms with Crippen LogP contribution in [-0.2, 0) is 6.42 Å². The Hall–Kier alpha value is -0.800. The van der Waals surface area contributed by atoms with Gasteiger partial charge < -0.3 is 14.8 Å². The summed E-state index contributed by atoms with van der Waals surface area (Å²) in [6, 6.07) is 4.30. The van der Waals surface area contributed by atoms with E-state index in [0.29, 0.717) is 18.5 Å². The monoisotopic (exact) mass is 253 g/mol. The Morgan fingerprint density at radius 3 is 2.67 bits per heavy atom. The number of hydrogen-bond acceptors (Lipinski definition) is 3. The molecule has 0 fully saturated rings. The van der Waals surface area contributed by atoms with Gasteiger partial charge in [0, 0.05) is 19.0 Å². The smallest absolute Gasteiger partial charge is 0.103 e. The lowest BCUT2D eigenvalue weighted by Gasteiger charge is -2.27. The fourth-order valence-electron chi connectivity index (χ4n) is 2.26. The van der Waals surface area contributed by atoms with Crippen LogP contribution in [0.25, 0.3) is 0 Å². The number of hydrogen-bond donors (Lipinski definition) is 2. The molecule has 0 saturated carbocycles. The molecular formula is C15H27NO2. The predicted octanol–water partition coefficient (Wildman–Crippen LogP) is 2.99. The zero-order chi connectivity index (χ0) is 13.6. The summed E-state index contributed by atoms with van der Waals surface area (Å²) in [5.74, 6) is 1.54. The summed E-state index contributed by atoms with van der Waals surface area (Å²) in [6.07, 6.45) is 4.49. The first-order valence-electron chi connectivity index (χ1n) is 6.87. The third-order valence-corrected chi connectivity index (χ3v) is 3.08. The van der Waals surface area contributed by atoms with Crippen molar-refractivity contribution in [3.8, 4) is 0 Å². The van der Waals surface area contributed by atoms with Crippen LogP contribution in [0.3, 0.4) is 0 Å². The highest BCUT2D eigenvalue weighted by atomic mass is 16.3. The maximum Gasteiger partial charge on any atom is 0.103 e. The van der Waals surface area contributed by atoms with Gasteiger partial charge in [-0.05, 0) is 44.7 Å². The van der Waals surface area contributed by atoms with Crippen LogP contribution in [0.4, 0.5) is 0 Å². The van der Waals surface area contributed by atoms with E-state index in [1.807, 2.05) is 19.1 Å². The minimum absolute atomic E-state index is 0.383. The number of rotatable bonds is 8. The summed E-state index contributed by atoms with van der Waals surface area (Å²) < 4.78 is 5.30. The van der Waals surface area contributed by atoms with Crippen LogP contribution in [0.1, 0.15) is 46.3 Å². The Labute approximate surface area is 111 Å². The van der Waals surface area contributed by atoms with E-state index in [0.717, 1.165) is 25.0 Å². The quantitative estimate of drug-likeness (QED) is 0.748. The summed E-state index contributed by atoms with van der Waals surface area (Å²) in [4.78, 5) is 0. The number of nitrogens with one attached hydrogen (secondary N) is 1. The molecule has 2 N–H and O–H groups in total. The average Bonchev–Trinajstić information content (AvgIpc) is 2.74. The third kappa shape index (κ3) is 6.22. The lowest BCUT2D eigenvalue weighted by atomic mass is 9.94. The molecule has 0 saturated heterocycles. The molecule has 1 rings (SSSR count). The maximum atomic E-state index is 10.2. The molecule has 1 heterocycles. The molecule has 3 nitrogen and oxygen atoms in total. The third-order valence-electron chi connectivity index (χ3n) is 3.08. The van der Waals surface area contributed by atoms with Gasteiger partial charge in [0.25, 0.3) is 0 Å². The molecule has 0 spiro atoms. The van der Waals surface area contributed by atoms with Crippen molar-refractivity contribution < 1.29 is 9.52 Å². The van der Waals surface area contributed by atoms with Crippen LogP contribution >= 0.6 is 0 Å². The Morgan fingerprint density at radius 1 is 1.39 bits per heavy atom. The van der Waals surface area contributed by atoms with Crippen LogP contribution < -0.4 is 5.32 Å². The molecule has 2 atom stereocenters. The standard InChI is InChI=1S/C15H27NO2/c1-12(2)10-15(4,17)11-16-13(3)7-8-14-6-5-9-18-14/h5-6,9,12-13,16-17H,7-8,10-11H2,1-4H3. The molecule has 0 aromatic carbocycles. The zero-order valence-corrected chi connectivity index (χ0v) is 12.1. The molecule has 0 bridgehead atoms. The van der Waals surface area contributed by atoms with Gasteiger partial charge in [-0.3, -0.25) is 0 Å². The van der Waals surface area contributed by atoms with Crippen molar-refractivity contribution in [2.75, 3.05) is 6.54 Å². The van der Waals surface area contributed by atoms with Gasteiger partial charge in [0.05, 0.1) is 11.9 Å². The largest absolute Gasteiger partial charge is 0.469 e. The molecule has 3 heteroatoms. The first kappa shape index (κ1) is 15.3. The lowest BCUT2D eigenvalue weighted by Crippen LogP contribution is -2.42. The molecule has 1 aromatic rings. The molecule has 104 valence electrons. The average molecular weight is 253 g/mol. The fourth-order valence-corrected chi connectivity index (χ4v) is 2.26. The normalized spacial score (nSPS) is 16.8. The van der Waals surface area contributed by atoms with Gasteiger partial charge >= 0.3 is 0 Å². The van der Waals surface area contributed by atoms with Crippen molar-refractivity contribution in [3.63, 3.8) is 0 Å². The van der Waals surface area contributed by atoms with Crippen molar-refractivity contribution in [1.82, 2.24) is 5.32 Å². The second-order valence-corrected chi connectivity index (χ2v) is 5.99. The Bertz CT molecular complexity index is 317. The van der Waals surface area contributed by atoms with Crippen molar-refractivity contribution in [3.05, 3.63) is 24.2 Å². The first-order chi connectivity index (χ1) is 8.39. The summed E-state index contributed by atoms with van der Waals surface area (Å²) >= 11 is 0. The van der Waals surface area contributed by atoms with Gasteiger partial charge in [-0.15, -0.1) is 0 Å². The Kier molecular flexibility index (Phi) is 5.89. The summed E-state index contributed by atoms with van der Waals surface area (Å²) in [7, 11) is 0. The summed E-state index contributed by atoms with van der Waals surface area (Å²) in [5.41, 5.74) is -0.618. The second kappa shape index (κ2) is 6.95. The van der Waals surface area contributed by atoms with E-state index in [-0.39, 0.29) is 0 Å². The minimum atomic E-state index is -0.618. The fraction of sp³-hybridized carbons (Fsp3) is 0.733. The van der Waals surface area contributed by atoms with E-state index < -0.39 is 5.60 Å². The number of aliphatic hydroxyl groups is 1. The van der Waals surface area contributed by atoms with Crippen molar-refractivity contribution in [2.45, 2.75) is 58.6 Å². The molecular weight excluding hydrogens is 226 g/mol. The van der Waals surface area contributed by atoms with Gasteiger partial charge in [-0.25, -0.2) is 0 Å². The second-order valence-electron chi connectivity index (χ2n) is 5.99. The van der Waals surface area contributed by atoms with Crippen LogP contribution in [0.15, 0.2) is 22.8 Å². The molecule has 0 amide bonds. The maximum absolute atomic E-state index is 10.2. The van der Waals surface area contributed by atoms with Crippen LogP contribution in [0, 0.1) is 5.92 Å². The SMILES string of the molecule is CC(C)CC(C)(O)CNC(C)CCc1ccco1. The van der Waals surface area contributed by atoms with Crippen LogP contribution in [0.5, 0.6) is 0 Å². The van der Waals surface area contributed by atoms with Gasteiger partial charge in [-0.1, -0.05) is 13.8 Å². The van der Waals surface area contributed by atoms with Gasteiger partial charge in [0.1, 0.15) is 5.76 Å². The molecule has 1 aromatic heterocycles. The van der Waals surface area contributed by atoms with E-state index >= 15 is 0 Å². The van der Waals surface area contributed by atoms with Gasteiger partial charge in [0.2, 0.25) is 0 Å². The Morgan fingerprint density at radius 2 is 2.11 bits per heavy atom. The Balaban J connectivity index is 2.21. The molecule has 2 unspecified atom stereocenters.